The fourth-order valence-corrected chi connectivity index (χ4v) is 6.96. The molecule has 3 unspecified atom stereocenters. The molecule has 4 aliphatic rings. The van der Waals surface area contributed by atoms with Crippen molar-refractivity contribution in [2.75, 3.05) is 18.2 Å². The van der Waals surface area contributed by atoms with Crippen LogP contribution in [0.1, 0.15) is 99.8 Å². The van der Waals surface area contributed by atoms with E-state index in [1.165, 1.54) is 24.2 Å². The number of hydrogen-bond acceptors (Lipinski definition) is 7. The molecule has 9 nitrogen and oxygen atoms in total. The van der Waals surface area contributed by atoms with Crippen LogP contribution in [-0.4, -0.2) is 51.2 Å². The number of benzene rings is 1. The first-order valence-corrected chi connectivity index (χ1v) is 13.8. The summed E-state index contributed by atoms with van der Waals surface area (Å²) in [5.74, 6) is -3.32. The Morgan fingerprint density at radius 1 is 1.13 bits per heavy atom. The van der Waals surface area contributed by atoms with Gasteiger partial charge in [0.15, 0.2) is 0 Å². The van der Waals surface area contributed by atoms with Crippen LogP contribution >= 0.6 is 0 Å². The Kier molecular flexibility index (Phi) is 6.52. The number of carbonyl (C=O) groups excluding carboxylic acids is 3. The monoisotopic (exact) mass is 542 g/mol. The van der Waals surface area contributed by atoms with Gasteiger partial charge in [-0.1, -0.05) is 13.3 Å². The van der Waals surface area contributed by atoms with E-state index in [9.17, 15) is 19.5 Å². The summed E-state index contributed by atoms with van der Waals surface area (Å²) in [5.41, 5.74) is 0.149. The molecule has 0 radical (unpaired) electrons. The molecule has 1 spiro atoms. The van der Waals surface area contributed by atoms with E-state index in [2.05, 4.69) is 10.2 Å². The predicted octanol–water partition coefficient (Wildman–Crippen LogP) is 4.12. The topological polar surface area (TPSA) is 117 Å². The third-order valence-corrected chi connectivity index (χ3v) is 9.27. The number of hydrogen-bond donors (Lipinski definition) is 1. The molecule has 11 heteroatoms. The van der Waals surface area contributed by atoms with Gasteiger partial charge >= 0.3 is 0 Å². The van der Waals surface area contributed by atoms with E-state index in [1.807, 2.05) is 6.92 Å². The van der Waals surface area contributed by atoms with Crippen molar-refractivity contribution in [2.45, 2.75) is 82.5 Å². The third kappa shape index (κ3) is 4.54. The van der Waals surface area contributed by atoms with Crippen LogP contribution in [-0.2, 0) is 14.4 Å². The Morgan fingerprint density at radius 2 is 1.85 bits per heavy atom. The van der Waals surface area contributed by atoms with Crippen molar-refractivity contribution in [1.82, 2.24) is 15.1 Å². The third-order valence-electron chi connectivity index (χ3n) is 9.27. The Labute approximate surface area is 224 Å². The highest BCUT2D eigenvalue weighted by Crippen LogP contribution is 2.61. The molecule has 4 fully saturated rings. The number of nitrogens with zero attached hydrogens (tertiary/aromatic N) is 4. The van der Waals surface area contributed by atoms with E-state index in [1.54, 1.807) is 0 Å². The number of halogens is 2. The minimum atomic E-state index is -1.22. The summed E-state index contributed by atoms with van der Waals surface area (Å²) in [7, 11) is 0. The van der Waals surface area contributed by atoms with Gasteiger partial charge in [0, 0.05) is 42.5 Å². The van der Waals surface area contributed by atoms with Crippen LogP contribution in [0.15, 0.2) is 16.5 Å². The van der Waals surface area contributed by atoms with E-state index in [4.69, 9.17) is 4.42 Å². The number of imide groups is 1. The molecule has 2 saturated carbocycles. The molecule has 1 aromatic heterocycles. The number of amides is 3. The predicted molar refractivity (Wildman–Crippen MR) is 133 cm³/mol. The van der Waals surface area contributed by atoms with Gasteiger partial charge in [-0.05, 0) is 62.0 Å². The fourth-order valence-electron chi connectivity index (χ4n) is 6.96. The van der Waals surface area contributed by atoms with Gasteiger partial charge < -0.3 is 14.4 Å². The number of carbonyl (C=O) groups is 3. The van der Waals surface area contributed by atoms with Gasteiger partial charge in [0.1, 0.15) is 18.4 Å². The Morgan fingerprint density at radius 3 is 2.49 bits per heavy atom. The zero-order valence-corrected chi connectivity index (χ0v) is 21.9. The second-order valence-corrected chi connectivity index (χ2v) is 11.9. The molecular formula is C28H32F2N4O5. The van der Waals surface area contributed by atoms with Crippen LogP contribution in [0.2, 0.25) is 0 Å². The highest BCUT2D eigenvalue weighted by Gasteiger charge is 2.50. The summed E-state index contributed by atoms with van der Waals surface area (Å²) in [6.45, 7) is 1.43. The van der Waals surface area contributed by atoms with Gasteiger partial charge in [-0.2, -0.15) is 0 Å². The second-order valence-electron chi connectivity index (χ2n) is 11.9. The van der Waals surface area contributed by atoms with E-state index in [-0.39, 0.29) is 42.7 Å². The average molecular weight is 543 g/mol. The standard InChI is InChI=1S/C28H32F2N4O5/c1-15(25-31-32-26(39-25)17-11-28(12-17)5-2-6-28)7-16-8-23(37)33(13-16)18-9-20(29)24(21(30)10-18)19-3-4-22(36)34(14-35)27(19)38/h9-10,15-17,19,35H,2-8,11-14H2,1H3. The number of aliphatic hydroxyl groups is 1. The van der Waals surface area contributed by atoms with Crippen molar-refractivity contribution in [3.63, 3.8) is 0 Å². The van der Waals surface area contributed by atoms with Gasteiger partial charge in [0.05, 0.1) is 5.92 Å². The van der Waals surface area contributed by atoms with Crippen molar-refractivity contribution in [2.24, 2.45) is 11.3 Å². The summed E-state index contributed by atoms with van der Waals surface area (Å²) >= 11 is 0. The molecule has 2 aliphatic heterocycles. The van der Waals surface area contributed by atoms with Crippen LogP contribution in [0.4, 0.5) is 14.5 Å². The van der Waals surface area contributed by atoms with E-state index in [0.29, 0.717) is 41.0 Å². The van der Waals surface area contributed by atoms with Crippen molar-refractivity contribution >= 4 is 23.4 Å². The molecular weight excluding hydrogens is 510 g/mol. The molecule has 3 heterocycles. The first kappa shape index (κ1) is 26.0. The van der Waals surface area contributed by atoms with Crippen molar-refractivity contribution < 1.29 is 32.7 Å². The maximum absolute atomic E-state index is 15.2. The van der Waals surface area contributed by atoms with Crippen molar-refractivity contribution in [1.29, 1.82) is 0 Å². The quantitative estimate of drug-likeness (QED) is 0.523. The lowest BCUT2D eigenvalue weighted by Gasteiger charge is -2.53. The van der Waals surface area contributed by atoms with E-state index >= 15 is 8.78 Å². The van der Waals surface area contributed by atoms with Gasteiger partial charge in [0.2, 0.25) is 29.5 Å². The summed E-state index contributed by atoms with van der Waals surface area (Å²) in [5, 5.41) is 17.9. The lowest BCUT2D eigenvalue weighted by Crippen LogP contribution is -2.45. The van der Waals surface area contributed by atoms with Gasteiger partial charge in [-0.3, -0.25) is 19.3 Å². The molecule has 208 valence electrons. The number of anilines is 1. The lowest BCUT2D eigenvalue weighted by molar-refractivity contribution is -0.153. The number of rotatable bonds is 7. The molecule has 2 aliphatic carbocycles. The van der Waals surface area contributed by atoms with Gasteiger partial charge in [0.25, 0.3) is 0 Å². The Hall–Kier alpha value is -3.21. The van der Waals surface area contributed by atoms with Crippen LogP contribution in [0.5, 0.6) is 0 Å². The zero-order chi connectivity index (χ0) is 27.5. The first-order valence-electron chi connectivity index (χ1n) is 13.8. The average Bonchev–Trinajstić information content (AvgIpc) is 3.45. The molecule has 39 heavy (non-hydrogen) atoms. The van der Waals surface area contributed by atoms with Gasteiger partial charge in [-0.25, -0.2) is 8.78 Å². The zero-order valence-electron chi connectivity index (χ0n) is 21.9. The van der Waals surface area contributed by atoms with Gasteiger partial charge in [-0.15, -0.1) is 10.2 Å². The number of piperidine rings is 1. The second kappa shape index (κ2) is 9.76. The fraction of sp³-hybridized carbons (Fsp3) is 0.607. The molecule has 6 rings (SSSR count). The van der Waals surface area contributed by atoms with E-state index < -0.39 is 41.7 Å². The van der Waals surface area contributed by atoms with E-state index in [0.717, 1.165) is 25.0 Å². The first-order chi connectivity index (χ1) is 18.7. The van der Waals surface area contributed by atoms with Crippen LogP contribution in [0, 0.1) is 23.0 Å². The van der Waals surface area contributed by atoms with Crippen molar-refractivity contribution in [3.05, 3.63) is 41.1 Å². The molecule has 3 amide bonds. The maximum atomic E-state index is 15.2. The number of aliphatic hydroxyl groups excluding tert-OH is 1. The summed E-state index contributed by atoms with van der Waals surface area (Å²) in [6, 6.07) is 2.12. The largest absolute Gasteiger partial charge is 0.425 e. The summed E-state index contributed by atoms with van der Waals surface area (Å²) in [4.78, 5) is 39.2. The highest BCUT2D eigenvalue weighted by atomic mass is 19.1. The van der Waals surface area contributed by atoms with Crippen LogP contribution in [0.25, 0.3) is 0 Å². The molecule has 1 aromatic carbocycles. The minimum Gasteiger partial charge on any atom is -0.425 e. The Balaban J connectivity index is 1.11. The maximum Gasteiger partial charge on any atom is 0.238 e. The molecule has 2 aromatic rings. The lowest BCUT2D eigenvalue weighted by atomic mass is 9.52. The molecule has 3 atom stereocenters. The molecule has 0 bridgehead atoms. The Bertz CT molecular complexity index is 1290. The highest BCUT2D eigenvalue weighted by molar-refractivity contribution is 6.01. The minimum absolute atomic E-state index is 0.0526. The molecule has 2 saturated heterocycles. The normalized spacial score (nSPS) is 25.8. The summed E-state index contributed by atoms with van der Waals surface area (Å²) < 4.78 is 36.3. The number of likely N-dealkylation sites (tertiary alicyclic amines) is 1. The SMILES string of the molecule is CC(CC1CC(=O)N(c2cc(F)c(C3CCC(=O)N(CO)C3=O)c(F)c2)C1)c1nnc(C2CC3(CCC3)C2)o1. The molecule has 1 N–H and O–H groups in total. The van der Waals surface area contributed by atoms with Crippen LogP contribution < -0.4 is 4.90 Å². The van der Waals surface area contributed by atoms with Crippen LogP contribution in [0.3, 0.4) is 0 Å². The van der Waals surface area contributed by atoms with Crippen molar-refractivity contribution in [3.8, 4) is 0 Å². The summed E-state index contributed by atoms with van der Waals surface area (Å²) in [6.07, 6.45) is 6.83. The number of aromatic nitrogens is 2. The smallest absolute Gasteiger partial charge is 0.238 e.